The molecule has 0 radical (unpaired) electrons. The van der Waals surface area contributed by atoms with Gasteiger partial charge in [-0.05, 0) is 71.9 Å². The Hall–Kier alpha value is -0.250. The number of rotatable bonds is 2. The molecule has 2 unspecified atom stereocenters. The van der Waals surface area contributed by atoms with Crippen LogP contribution in [0.1, 0.15) is 33.1 Å². The minimum atomic E-state index is 0.414. The van der Waals surface area contributed by atoms with E-state index in [2.05, 4.69) is 60.7 Å². The molecule has 1 aliphatic rings. The van der Waals surface area contributed by atoms with Crippen LogP contribution in [0, 0.1) is 15.4 Å². The maximum absolute atomic E-state index is 6.07. The third-order valence-corrected chi connectivity index (χ3v) is 3.91. The number of hydrogen-bond donors (Lipinski definition) is 0. The standard InChI is InChI=1S/C14H19IO/c1-10-6-11(2)8-14(7-10)16-13-5-3-4-12(15)9-13/h3-5,9-11,14H,6-8H2,1-2H3. The fourth-order valence-corrected chi connectivity index (χ4v) is 3.22. The lowest BCUT2D eigenvalue weighted by atomic mass is 9.82. The summed E-state index contributed by atoms with van der Waals surface area (Å²) in [5.74, 6) is 2.63. The Balaban J connectivity index is 1.98. The Bertz CT molecular complexity index is 340. The van der Waals surface area contributed by atoms with Crippen molar-refractivity contribution in [2.75, 3.05) is 0 Å². The summed E-state index contributed by atoms with van der Waals surface area (Å²) >= 11 is 2.33. The first kappa shape index (κ1) is 12.2. The Morgan fingerprint density at radius 2 is 1.81 bits per heavy atom. The first-order valence-electron chi connectivity index (χ1n) is 6.05. The highest BCUT2D eigenvalue weighted by molar-refractivity contribution is 14.1. The van der Waals surface area contributed by atoms with Crippen LogP contribution < -0.4 is 4.74 Å². The Morgan fingerprint density at radius 1 is 1.12 bits per heavy atom. The van der Waals surface area contributed by atoms with E-state index in [1.165, 1.54) is 22.8 Å². The van der Waals surface area contributed by atoms with Gasteiger partial charge in [-0.15, -0.1) is 0 Å². The molecule has 88 valence electrons. The normalized spacial score (nSPS) is 30.1. The van der Waals surface area contributed by atoms with Gasteiger partial charge < -0.3 is 4.74 Å². The smallest absolute Gasteiger partial charge is 0.120 e. The molecule has 0 spiro atoms. The van der Waals surface area contributed by atoms with Crippen molar-refractivity contribution in [1.29, 1.82) is 0 Å². The van der Waals surface area contributed by atoms with Gasteiger partial charge >= 0.3 is 0 Å². The molecule has 1 aromatic carbocycles. The molecular weight excluding hydrogens is 311 g/mol. The topological polar surface area (TPSA) is 9.23 Å². The van der Waals surface area contributed by atoms with Gasteiger partial charge in [-0.3, -0.25) is 0 Å². The first-order valence-corrected chi connectivity index (χ1v) is 7.13. The van der Waals surface area contributed by atoms with E-state index < -0.39 is 0 Å². The molecule has 1 aliphatic carbocycles. The van der Waals surface area contributed by atoms with Crippen LogP contribution in [-0.4, -0.2) is 6.10 Å². The second-order valence-corrected chi connectivity index (χ2v) is 6.36. The van der Waals surface area contributed by atoms with E-state index in [0.717, 1.165) is 17.6 Å². The second-order valence-electron chi connectivity index (χ2n) is 5.11. The van der Waals surface area contributed by atoms with Crippen LogP contribution in [0.3, 0.4) is 0 Å². The largest absolute Gasteiger partial charge is 0.490 e. The summed E-state index contributed by atoms with van der Waals surface area (Å²) in [4.78, 5) is 0. The maximum Gasteiger partial charge on any atom is 0.120 e. The van der Waals surface area contributed by atoms with Gasteiger partial charge in [-0.2, -0.15) is 0 Å². The zero-order valence-electron chi connectivity index (χ0n) is 9.95. The van der Waals surface area contributed by atoms with Gasteiger partial charge in [0.05, 0.1) is 6.10 Å². The highest BCUT2D eigenvalue weighted by Crippen LogP contribution is 2.31. The maximum atomic E-state index is 6.07. The van der Waals surface area contributed by atoms with Crippen molar-refractivity contribution in [3.8, 4) is 5.75 Å². The van der Waals surface area contributed by atoms with E-state index in [1.54, 1.807) is 0 Å². The van der Waals surface area contributed by atoms with Gasteiger partial charge in [0.25, 0.3) is 0 Å². The average Bonchev–Trinajstić information content (AvgIpc) is 2.15. The van der Waals surface area contributed by atoms with E-state index in [0.29, 0.717) is 6.10 Å². The molecule has 0 aromatic heterocycles. The SMILES string of the molecule is CC1CC(C)CC(Oc2cccc(I)c2)C1. The number of ether oxygens (including phenoxy) is 1. The van der Waals surface area contributed by atoms with Gasteiger partial charge in [0.1, 0.15) is 5.75 Å². The summed E-state index contributed by atoms with van der Waals surface area (Å²) in [5.41, 5.74) is 0. The van der Waals surface area contributed by atoms with E-state index in [9.17, 15) is 0 Å². The molecule has 0 bridgehead atoms. The fourth-order valence-electron chi connectivity index (χ4n) is 2.70. The molecule has 1 saturated carbocycles. The number of halogens is 1. The zero-order valence-corrected chi connectivity index (χ0v) is 12.1. The molecule has 0 amide bonds. The summed E-state index contributed by atoms with van der Waals surface area (Å²) in [7, 11) is 0. The molecule has 0 aliphatic heterocycles. The molecule has 2 rings (SSSR count). The highest BCUT2D eigenvalue weighted by atomic mass is 127. The summed E-state index contributed by atoms with van der Waals surface area (Å²) in [6, 6.07) is 8.34. The second kappa shape index (κ2) is 5.39. The van der Waals surface area contributed by atoms with Crippen molar-refractivity contribution in [2.24, 2.45) is 11.8 Å². The van der Waals surface area contributed by atoms with Crippen LogP contribution in [-0.2, 0) is 0 Å². The molecular formula is C14H19IO. The van der Waals surface area contributed by atoms with E-state index >= 15 is 0 Å². The van der Waals surface area contributed by atoms with Crippen LogP contribution in [0.2, 0.25) is 0 Å². The van der Waals surface area contributed by atoms with Gasteiger partial charge in [-0.25, -0.2) is 0 Å². The molecule has 16 heavy (non-hydrogen) atoms. The third-order valence-electron chi connectivity index (χ3n) is 3.23. The van der Waals surface area contributed by atoms with Crippen LogP contribution in [0.25, 0.3) is 0 Å². The third kappa shape index (κ3) is 3.37. The Morgan fingerprint density at radius 3 is 2.44 bits per heavy atom. The predicted octanol–water partition coefficient (Wildman–Crippen LogP) is 4.49. The summed E-state index contributed by atoms with van der Waals surface area (Å²) in [5, 5.41) is 0. The van der Waals surface area contributed by atoms with Crippen molar-refractivity contribution in [2.45, 2.75) is 39.2 Å². The van der Waals surface area contributed by atoms with Crippen molar-refractivity contribution < 1.29 is 4.74 Å². The van der Waals surface area contributed by atoms with Crippen LogP contribution >= 0.6 is 22.6 Å². The van der Waals surface area contributed by atoms with Crippen molar-refractivity contribution >= 4 is 22.6 Å². The van der Waals surface area contributed by atoms with Crippen molar-refractivity contribution in [1.82, 2.24) is 0 Å². The predicted molar refractivity (Wildman–Crippen MR) is 75.8 cm³/mol. The lowest BCUT2D eigenvalue weighted by Gasteiger charge is -2.31. The molecule has 1 nitrogen and oxygen atoms in total. The lowest BCUT2D eigenvalue weighted by molar-refractivity contribution is 0.101. The van der Waals surface area contributed by atoms with Crippen molar-refractivity contribution in [3.05, 3.63) is 27.8 Å². The van der Waals surface area contributed by atoms with E-state index in [-0.39, 0.29) is 0 Å². The van der Waals surface area contributed by atoms with Gasteiger partial charge in [0, 0.05) is 3.57 Å². The molecule has 0 heterocycles. The minimum Gasteiger partial charge on any atom is -0.490 e. The average molecular weight is 330 g/mol. The molecule has 1 aromatic rings. The van der Waals surface area contributed by atoms with E-state index in [1.807, 2.05) is 0 Å². The Kier molecular flexibility index (Phi) is 4.11. The Labute approximate surface area is 112 Å². The first-order chi connectivity index (χ1) is 7.63. The molecule has 2 heteroatoms. The molecule has 0 saturated heterocycles. The summed E-state index contributed by atoms with van der Waals surface area (Å²) in [6.07, 6.45) is 4.18. The molecule has 0 N–H and O–H groups in total. The lowest BCUT2D eigenvalue weighted by Crippen LogP contribution is -2.28. The fraction of sp³-hybridized carbons (Fsp3) is 0.571. The monoisotopic (exact) mass is 330 g/mol. The molecule has 1 fully saturated rings. The number of benzene rings is 1. The summed E-state index contributed by atoms with van der Waals surface area (Å²) in [6.45, 7) is 4.67. The summed E-state index contributed by atoms with van der Waals surface area (Å²) < 4.78 is 7.31. The molecule has 2 atom stereocenters. The van der Waals surface area contributed by atoms with Crippen molar-refractivity contribution in [3.63, 3.8) is 0 Å². The van der Waals surface area contributed by atoms with Crippen LogP contribution in [0.5, 0.6) is 5.75 Å². The highest BCUT2D eigenvalue weighted by Gasteiger charge is 2.25. The van der Waals surface area contributed by atoms with E-state index in [4.69, 9.17) is 4.74 Å². The van der Waals surface area contributed by atoms with Crippen LogP contribution in [0.4, 0.5) is 0 Å². The zero-order chi connectivity index (χ0) is 11.5. The quantitative estimate of drug-likeness (QED) is 0.726. The van der Waals surface area contributed by atoms with Gasteiger partial charge in [-0.1, -0.05) is 19.9 Å². The van der Waals surface area contributed by atoms with Gasteiger partial charge in [0.2, 0.25) is 0 Å². The minimum absolute atomic E-state index is 0.414. The van der Waals surface area contributed by atoms with Crippen LogP contribution in [0.15, 0.2) is 24.3 Å². The number of hydrogen-bond acceptors (Lipinski definition) is 1. The van der Waals surface area contributed by atoms with Gasteiger partial charge in [0.15, 0.2) is 0 Å².